The summed E-state index contributed by atoms with van der Waals surface area (Å²) in [5, 5.41) is 3.24. The van der Waals surface area contributed by atoms with Crippen LogP contribution >= 0.6 is 27.5 Å². The number of carbonyl (C=O) groups is 1. The molecule has 3 nitrogen and oxygen atoms in total. The van der Waals surface area contributed by atoms with Gasteiger partial charge in [-0.3, -0.25) is 4.79 Å². The van der Waals surface area contributed by atoms with E-state index in [9.17, 15) is 4.79 Å². The molecule has 0 bridgehead atoms. The lowest BCUT2D eigenvalue weighted by Gasteiger charge is -2.18. The van der Waals surface area contributed by atoms with Crippen molar-refractivity contribution in [3.63, 3.8) is 0 Å². The molecule has 0 atom stereocenters. The topological polar surface area (TPSA) is 55.1 Å². The van der Waals surface area contributed by atoms with Crippen LogP contribution in [0.25, 0.3) is 0 Å². The lowest BCUT2D eigenvalue weighted by molar-refractivity contribution is -0.120. The maximum atomic E-state index is 11.6. The van der Waals surface area contributed by atoms with Crippen LogP contribution in [0.4, 0.5) is 5.69 Å². The third-order valence-electron chi connectivity index (χ3n) is 1.79. The number of rotatable bonds is 2. The molecule has 1 aromatic rings. The molecule has 0 aliphatic rings. The molecule has 15 heavy (non-hydrogen) atoms. The number of hydrogen-bond donors (Lipinski definition) is 2. The predicted molar refractivity (Wildman–Crippen MR) is 66.0 cm³/mol. The first kappa shape index (κ1) is 12.5. The number of nitrogens with one attached hydrogen (secondary N) is 1. The number of nitrogens with two attached hydrogens (primary N) is 1. The van der Waals surface area contributed by atoms with E-state index in [-0.39, 0.29) is 5.91 Å². The molecule has 1 aromatic carbocycles. The smallest absolute Gasteiger partial charge is 0.243 e. The van der Waals surface area contributed by atoms with Crippen LogP contribution in [-0.4, -0.2) is 11.4 Å². The van der Waals surface area contributed by atoms with Crippen LogP contribution in [-0.2, 0) is 4.79 Å². The Morgan fingerprint density at radius 1 is 1.53 bits per heavy atom. The van der Waals surface area contributed by atoms with E-state index in [0.717, 1.165) is 0 Å². The molecule has 0 unspecified atom stereocenters. The molecule has 0 aliphatic carbocycles. The highest BCUT2D eigenvalue weighted by Gasteiger charge is 2.22. The van der Waals surface area contributed by atoms with Crippen LogP contribution in [0.5, 0.6) is 0 Å². The van der Waals surface area contributed by atoms with E-state index >= 15 is 0 Å². The zero-order valence-electron chi connectivity index (χ0n) is 8.47. The van der Waals surface area contributed by atoms with Crippen molar-refractivity contribution in [3.8, 4) is 0 Å². The fourth-order valence-corrected chi connectivity index (χ4v) is 1.42. The fourth-order valence-electron chi connectivity index (χ4n) is 0.884. The Morgan fingerprint density at radius 2 is 2.13 bits per heavy atom. The molecule has 1 rings (SSSR count). The second-order valence-electron chi connectivity index (χ2n) is 3.78. The zero-order chi connectivity index (χ0) is 11.6. The number of benzene rings is 1. The van der Waals surface area contributed by atoms with Crippen molar-refractivity contribution in [3.05, 3.63) is 27.7 Å². The lowest BCUT2D eigenvalue weighted by Crippen LogP contribution is -2.45. The number of hydrogen-bond acceptors (Lipinski definition) is 2. The summed E-state index contributed by atoms with van der Waals surface area (Å²) in [6.45, 7) is 3.28. The van der Waals surface area contributed by atoms with Crippen LogP contribution in [0, 0.1) is 0 Å². The maximum Gasteiger partial charge on any atom is 0.243 e. The first-order chi connectivity index (χ1) is 6.82. The highest BCUT2D eigenvalue weighted by atomic mass is 79.9. The summed E-state index contributed by atoms with van der Waals surface area (Å²) in [6, 6.07) is 5.24. The van der Waals surface area contributed by atoms with Gasteiger partial charge in [0.05, 0.1) is 20.7 Å². The number of amides is 1. The van der Waals surface area contributed by atoms with Gasteiger partial charge < -0.3 is 11.1 Å². The summed E-state index contributed by atoms with van der Waals surface area (Å²) < 4.78 is 0.657. The summed E-state index contributed by atoms with van der Waals surface area (Å²) in [6.07, 6.45) is 0. The van der Waals surface area contributed by atoms with E-state index in [2.05, 4.69) is 21.2 Å². The van der Waals surface area contributed by atoms with Gasteiger partial charge in [0.25, 0.3) is 0 Å². The third-order valence-corrected chi connectivity index (χ3v) is 3.18. The largest absolute Gasteiger partial charge is 0.323 e. The lowest BCUT2D eigenvalue weighted by atomic mass is 10.1. The minimum Gasteiger partial charge on any atom is -0.323 e. The second kappa shape index (κ2) is 4.51. The van der Waals surface area contributed by atoms with Gasteiger partial charge in [0.15, 0.2) is 0 Å². The van der Waals surface area contributed by atoms with Crippen LogP contribution in [0.2, 0.25) is 5.02 Å². The Hall–Kier alpha value is -0.580. The van der Waals surface area contributed by atoms with Crippen LogP contribution in [0.15, 0.2) is 22.7 Å². The van der Waals surface area contributed by atoms with Crippen LogP contribution < -0.4 is 11.1 Å². The Labute approximate surface area is 102 Å². The van der Waals surface area contributed by atoms with Gasteiger partial charge in [-0.25, -0.2) is 0 Å². The molecule has 0 saturated carbocycles. The number of carbonyl (C=O) groups excluding carboxylic acids is 1. The predicted octanol–water partition coefficient (Wildman–Crippen LogP) is 2.78. The molecule has 82 valence electrons. The van der Waals surface area contributed by atoms with Crippen LogP contribution in [0.3, 0.4) is 0 Å². The average molecular weight is 292 g/mol. The molecule has 1 amide bonds. The summed E-state index contributed by atoms with van der Waals surface area (Å²) in [5.41, 5.74) is 5.36. The molecule has 0 saturated heterocycles. The SMILES string of the molecule is CC(C)(N)C(=O)Nc1cccc(Cl)c1Br. The van der Waals surface area contributed by atoms with Crippen molar-refractivity contribution in [2.24, 2.45) is 5.73 Å². The molecule has 5 heteroatoms. The first-order valence-electron chi connectivity index (χ1n) is 4.36. The fraction of sp³-hybridized carbons (Fsp3) is 0.300. The van der Waals surface area contributed by atoms with E-state index in [1.54, 1.807) is 32.0 Å². The van der Waals surface area contributed by atoms with Crippen LogP contribution in [0.1, 0.15) is 13.8 Å². The zero-order valence-corrected chi connectivity index (χ0v) is 10.8. The molecule has 0 radical (unpaired) electrons. The summed E-state index contributed by atoms with van der Waals surface area (Å²) in [7, 11) is 0. The van der Waals surface area contributed by atoms with Gasteiger partial charge in [0.1, 0.15) is 0 Å². The minimum atomic E-state index is -0.915. The Kier molecular flexibility index (Phi) is 3.76. The van der Waals surface area contributed by atoms with E-state index in [0.29, 0.717) is 15.2 Å². The highest BCUT2D eigenvalue weighted by molar-refractivity contribution is 9.10. The Morgan fingerprint density at radius 3 is 2.67 bits per heavy atom. The van der Waals surface area contributed by atoms with Gasteiger partial charge in [-0.1, -0.05) is 17.7 Å². The normalized spacial score (nSPS) is 11.3. The molecular weight excluding hydrogens is 279 g/mol. The summed E-state index contributed by atoms with van der Waals surface area (Å²) in [4.78, 5) is 11.6. The molecule has 0 aromatic heterocycles. The molecule has 3 N–H and O–H groups in total. The van der Waals surface area contributed by atoms with Crippen molar-refractivity contribution in [2.45, 2.75) is 19.4 Å². The Bertz CT molecular complexity index is 387. The second-order valence-corrected chi connectivity index (χ2v) is 4.98. The minimum absolute atomic E-state index is 0.259. The highest BCUT2D eigenvalue weighted by Crippen LogP contribution is 2.30. The molecule has 0 fully saturated rings. The quantitative estimate of drug-likeness (QED) is 0.880. The first-order valence-corrected chi connectivity index (χ1v) is 5.54. The monoisotopic (exact) mass is 290 g/mol. The number of anilines is 1. The summed E-state index contributed by atoms with van der Waals surface area (Å²) >= 11 is 9.17. The standard InChI is InChI=1S/C10H12BrClN2O/c1-10(2,13)9(15)14-7-5-3-4-6(12)8(7)11/h3-5H,13H2,1-2H3,(H,14,15). The maximum absolute atomic E-state index is 11.6. The van der Waals surface area contributed by atoms with E-state index in [1.165, 1.54) is 0 Å². The van der Waals surface area contributed by atoms with Crippen molar-refractivity contribution in [2.75, 3.05) is 5.32 Å². The van der Waals surface area contributed by atoms with E-state index in [4.69, 9.17) is 17.3 Å². The van der Waals surface area contributed by atoms with Crippen molar-refractivity contribution >= 4 is 39.1 Å². The van der Waals surface area contributed by atoms with Crippen molar-refractivity contribution < 1.29 is 4.79 Å². The van der Waals surface area contributed by atoms with Gasteiger partial charge >= 0.3 is 0 Å². The third kappa shape index (κ3) is 3.19. The molecule has 0 aliphatic heterocycles. The van der Waals surface area contributed by atoms with E-state index < -0.39 is 5.54 Å². The van der Waals surface area contributed by atoms with Gasteiger partial charge in [-0.05, 0) is 41.9 Å². The van der Waals surface area contributed by atoms with Gasteiger partial charge in [-0.2, -0.15) is 0 Å². The van der Waals surface area contributed by atoms with E-state index in [1.807, 2.05) is 0 Å². The molecule has 0 heterocycles. The van der Waals surface area contributed by atoms with Gasteiger partial charge in [-0.15, -0.1) is 0 Å². The molecular formula is C10H12BrClN2O. The van der Waals surface area contributed by atoms with Gasteiger partial charge in [0, 0.05) is 0 Å². The Balaban J connectivity index is 2.91. The average Bonchev–Trinajstić information content (AvgIpc) is 2.11. The summed E-state index contributed by atoms with van der Waals surface area (Å²) in [5.74, 6) is -0.259. The van der Waals surface area contributed by atoms with Crippen molar-refractivity contribution in [1.29, 1.82) is 0 Å². The van der Waals surface area contributed by atoms with Gasteiger partial charge in [0.2, 0.25) is 5.91 Å². The molecule has 0 spiro atoms. The number of halogens is 2. The van der Waals surface area contributed by atoms with Crippen molar-refractivity contribution in [1.82, 2.24) is 0 Å².